The van der Waals surface area contributed by atoms with Gasteiger partial charge in [0.2, 0.25) is 0 Å². The normalized spacial score (nSPS) is 10.9. The van der Waals surface area contributed by atoms with Gasteiger partial charge in [-0.2, -0.15) is 0 Å². The molecule has 0 aliphatic rings. The second-order valence-electron chi connectivity index (χ2n) is 6.30. The molecule has 6 nitrogen and oxygen atoms in total. The van der Waals surface area contributed by atoms with Gasteiger partial charge in [-0.1, -0.05) is 6.07 Å². The van der Waals surface area contributed by atoms with E-state index in [4.69, 9.17) is 9.72 Å². The van der Waals surface area contributed by atoms with E-state index < -0.39 is 0 Å². The van der Waals surface area contributed by atoms with Crippen molar-refractivity contribution in [2.24, 2.45) is 0 Å². The van der Waals surface area contributed by atoms with Crippen molar-refractivity contribution in [3.63, 3.8) is 0 Å². The number of methoxy groups -OCH3 is 1. The Bertz CT molecular complexity index is 1200. The van der Waals surface area contributed by atoms with Gasteiger partial charge in [0.05, 0.1) is 30.2 Å². The molecule has 27 heavy (non-hydrogen) atoms. The number of benzene rings is 1. The maximum absolute atomic E-state index is 12.5. The van der Waals surface area contributed by atoms with Gasteiger partial charge in [0.1, 0.15) is 11.3 Å². The van der Waals surface area contributed by atoms with Gasteiger partial charge in [-0.3, -0.25) is 9.78 Å². The van der Waals surface area contributed by atoms with Crippen LogP contribution < -0.4 is 10.3 Å². The molecule has 0 saturated carbocycles. The molecular formula is C21H18N4O2. The molecule has 0 bridgehead atoms. The van der Waals surface area contributed by atoms with E-state index >= 15 is 0 Å². The molecule has 4 rings (SSSR count). The lowest BCUT2D eigenvalue weighted by Gasteiger charge is -2.15. The molecule has 0 atom stereocenters. The highest BCUT2D eigenvalue weighted by Gasteiger charge is 2.18. The Labute approximate surface area is 155 Å². The molecule has 0 unspecified atom stereocenters. The number of nitrogens with zero attached hydrogens (tertiary/aromatic N) is 3. The molecule has 0 spiro atoms. The number of aromatic nitrogens is 4. The molecule has 0 fully saturated rings. The summed E-state index contributed by atoms with van der Waals surface area (Å²) in [5.41, 5.74) is 5.53. The maximum atomic E-state index is 12.5. The Morgan fingerprint density at radius 1 is 1.07 bits per heavy atom. The minimum atomic E-state index is -0.197. The third-order valence-electron chi connectivity index (χ3n) is 4.68. The van der Waals surface area contributed by atoms with E-state index in [2.05, 4.69) is 15.0 Å². The summed E-state index contributed by atoms with van der Waals surface area (Å²) in [6, 6.07) is 9.43. The summed E-state index contributed by atoms with van der Waals surface area (Å²) in [5.74, 6) is 0.768. The Kier molecular flexibility index (Phi) is 4.16. The summed E-state index contributed by atoms with van der Waals surface area (Å²) in [5, 5.41) is 0.496. The Balaban J connectivity index is 2.13. The van der Waals surface area contributed by atoms with E-state index in [9.17, 15) is 4.79 Å². The van der Waals surface area contributed by atoms with Gasteiger partial charge in [-0.05, 0) is 43.7 Å². The number of hydrogen-bond acceptors (Lipinski definition) is 5. The van der Waals surface area contributed by atoms with Crippen LogP contribution in [-0.2, 0) is 0 Å². The first-order valence-electron chi connectivity index (χ1n) is 8.53. The fraction of sp³-hybridized carbons (Fsp3) is 0.143. The topological polar surface area (TPSA) is 80.8 Å². The van der Waals surface area contributed by atoms with Crippen molar-refractivity contribution in [1.29, 1.82) is 0 Å². The number of H-pyrrole nitrogens is 1. The lowest BCUT2D eigenvalue weighted by atomic mass is 9.96. The van der Waals surface area contributed by atoms with Crippen LogP contribution in [0.2, 0.25) is 0 Å². The van der Waals surface area contributed by atoms with E-state index in [-0.39, 0.29) is 5.56 Å². The SMILES string of the molecule is COc1ccc(C)c(-c2nc(-c3ccncc3)cc3c(=O)[nH]cnc23)c1C. The van der Waals surface area contributed by atoms with Crippen LogP contribution in [0, 0.1) is 13.8 Å². The van der Waals surface area contributed by atoms with Crippen molar-refractivity contribution >= 4 is 10.9 Å². The molecule has 3 heterocycles. The number of aromatic amines is 1. The van der Waals surface area contributed by atoms with E-state index in [1.165, 1.54) is 6.33 Å². The van der Waals surface area contributed by atoms with Gasteiger partial charge < -0.3 is 9.72 Å². The van der Waals surface area contributed by atoms with Gasteiger partial charge in [-0.15, -0.1) is 0 Å². The maximum Gasteiger partial charge on any atom is 0.258 e. The first-order valence-corrected chi connectivity index (χ1v) is 8.53. The van der Waals surface area contributed by atoms with Crippen LogP contribution in [0.4, 0.5) is 0 Å². The molecule has 4 aromatic rings. The number of pyridine rings is 2. The van der Waals surface area contributed by atoms with Gasteiger partial charge in [0.15, 0.2) is 0 Å². The molecule has 0 radical (unpaired) electrons. The van der Waals surface area contributed by atoms with Gasteiger partial charge in [-0.25, -0.2) is 9.97 Å². The second kappa shape index (κ2) is 6.64. The summed E-state index contributed by atoms with van der Waals surface area (Å²) in [6.45, 7) is 4.00. The predicted octanol–water partition coefficient (Wildman–Crippen LogP) is 3.67. The van der Waals surface area contributed by atoms with Crippen LogP contribution >= 0.6 is 0 Å². The van der Waals surface area contributed by atoms with Crippen molar-refractivity contribution in [3.05, 3.63) is 70.5 Å². The highest BCUT2D eigenvalue weighted by molar-refractivity contribution is 5.95. The first-order chi connectivity index (χ1) is 13.1. The zero-order chi connectivity index (χ0) is 19.0. The van der Waals surface area contributed by atoms with Crippen LogP contribution in [0.3, 0.4) is 0 Å². The van der Waals surface area contributed by atoms with Crippen LogP contribution in [0.5, 0.6) is 5.75 Å². The van der Waals surface area contributed by atoms with Crippen LogP contribution in [0.1, 0.15) is 11.1 Å². The highest BCUT2D eigenvalue weighted by Crippen LogP contribution is 2.36. The predicted molar refractivity (Wildman–Crippen MR) is 105 cm³/mol. The number of fused-ring (bicyclic) bond motifs is 1. The van der Waals surface area contributed by atoms with Crippen molar-refractivity contribution < 1.29 is 4.74 Å². The second-order valence-corrected chi connectivity index (χ2v) is 6.30. The van der Waals surface area contributed by atoms with Gasteiger partial charge in [0.25, 0.3) is 5.56 Å². The third-order valence-corrected chi connectivity index (χ3v) is 4.68. The minimum Gasteiger partial charge on any atom is -0.496 e. The average molecular weight is 358 g/mol. The molecule has 6 heteroatoms. The molecule has 0 saturated heterocycles. The van der Waals surface area contributed by atoms with Gasteiger partial charge in [0, 0.05) is 29.1 Å². The van der Waals surface area contributed by atoms with Crippen molar-refractivity contribution in [1.82, 2.24) is 19.9 Å². The molecule has 1 N–H and O–H groups in total. The summed E-state index contributed by atoms with van der Waals surface area (Å²) < 4.78 is 5.49. The lowest BCUT2D eigenvalue weighted by molar-refractivity contribution is 0.412. The Morgan fingerprint density at radius 2 is 1.85 bits per heavy atom. The minimum absolute atomic E-state index is 0.197. The zero-order valence-electron chi connectivity index (χ0n) is 15.3. The number of rotatable bonds is 3. The summed E-state index contributed by atoms with van der Waals surface area (Å²) in [6.07, 6.45) is 4.82. The number of hydrogen-bond donors (Lipinski definition) is 1. The smallest absolute Gasteiger partial charge is 0.258 e. The third kappa shape index (κ3) is 2.85. The quantitative estimate of drug-likeness (QED) is 0.604. The fourth-order valence-corrected chi connectivity index (χ4v) is 3.33. The van der Waals surface area contributed by atoms with Crippen molar-refractivity contribution in [2.75, 3.05) is 7.11 Å². The highest BCUT2D eigenvalue weighted by atomic mass is 16.5. The lowest BCUT2D eigenvalue weighted by Crippen LogP contribution is -2.09. The van der Waals surface area contributed by atoms with E-state index in [1.807, 2.05) is 38.1 Å². The molecule has 3 aromatic heterocycles. The van der Waals surface area contributed by atoms with E-state index in [0.717, 1.165) is 28.0 Å². The average Bonchev–Trinajstić information content (AvgIpc) is 2.69. The molecule has 0 aliphatic heterocycles. The number of ether oxygens (including phenoxy) is 1. The summed E-state index contributed by atoms with van der Waals surface area (Å²) in [4.78, 5) is 28.5. The van der Waals surface area contributed by atoms with E-state index in [1.54, 1.807) is 25.6 Å². The number of nitrogens with one attached hydrogen (secondary N) is 1. The molecule has 0 amide bonds. The number of aryl methyl sites for hydroxylation is 1. The molecular weight excluding hydrogens is 340 g/mol. The van der Waals surface area contributed by atoms with E-state index in [0.29, 0.717) is 22.3 Å². The van der Waals surface area contributed by atoms with Crippen LogP contribution in [-0.4, -0.2) is 27.0 Å². The first kappa shape index (κ1) is 16.9. The Morgan fingerprint density at radius 3 is 2.59 bits per heavy atom. The van der Waals surface area contributed by atoms with Crippen LogP contribution in [0.15, 0.2) is 53.8 Å². The molecule has 1 aromatic carbocycles. The fourth-order valence-electron chi connectivity index (χ4n) is 3.33. The molecule has 134 valence electrons. The largest absolute Gasteiger partial charge is 0.496 e. The Hall–Kier alpha value is -3.54. The monoisotopic (exact) mass is 358 g/mol. The summed E-state index contributed by atoms with van der Waals surface area (Å²) in [7, 11) is 1.64. The van der Waals surface area contributed by atoms with Gasteiger partial charge >= 0.3 is 0 Å². The van der Waals surface area contributed by atoms with Crippen molar-refractivity contribution in [2.45, 2.75) is 13.8 Å². The van der Waals surface area contributed by atoms with Crippen molar-refractivity contribution in [3.8, 4) is 28.3 Å². The van der Waals surface area contributed by atoms with Crippen LogP contribution in [0.25, 0.3) is 33.4 Å². The molecule has 0 aliphatic carbocycles. The zero-order valence-corrected chi connectivity index (χ0v) is 15.3. The summed E-state index contributed by atoms with van der Waals surface area (Å²) >= 11 is 0. The standard InChI is InChI=1S/C21H18N4O2/c1-12-4-5-17(27-3)13(2)18(12)20-19-15(21(26)24-11-23-19)10-16(25-20)14-6-8-22-9-7-14/h4-11H,1-3H3,(H,23,24,26).